The van der Waals surface area contributed by atoms with Crippen LogP contribution in [0.4, 0.5) is 30.6 Å². The van der Waals surface area contributed by atoms with Gasteiger partial charge in [-0.3, -0.25) is 0 Å². The largest absolute Gasteiger partial charge is 0.497 e. The lowest BCUT2D eigenvalue weighted by Gasteiger charge is -2.13. The van der Waals surface area contributed by atoms with Crippen LogP contribution in [0.2, 0.25) is 0 Å². The molecule has 3 aromatic carbocycles. The first kappa shape index (κ1) is 20.5. The summed E-state index contributed by atoms with van der Waals surface area (Å²) in [7, 11) is 1.61. The van der Waals surface area contributed by atoms with Gasteiger partial charge in [-0.15, -0.1) is 0 Å². The lowest BCUT2D eigenvalue weighted by molar-refractivity contribution is -0.137. The van der Waals surface area contributed by atoms with Crippen molar-refractivity contribution in [2.45, 2.75) is 12.7 Å². The summed E-state index contributed by atoms with van der Waals surface area (Å²) < 4.78 is 44.2. The highest BCUT2D eigenvalue weighted by atomic mass is 19.4. The first-order valence-electron chi connectivity index (χ1n) is 9.50. The molecule has 0 aliphatic carbocycles. The number of nitrogens with one attached hydrogen (secondary N) is 2. The minimum Gasteiger partial charge on any atom is -0.497 e. The van der Waals surface area contributed by atoms with Crippen LogP contribution < -0.4 is 15.4 Å². The average molecular weight is 424 g/mol. The van der Waals surface area contributed by atoms with Gasteiger partial charge in [0.05, 0.1) is 18.2 Å². The molecule has 0 fully saturated rings. The van der Waals surface area contributed by atoms with Crippen LogP contribution in [-0.2, 0) is 12.7 Å². The normalized spacial score (nSPS) is 11.4. The Morgan fingerprint density at radius 2 is 1.68 bits per heavy atom. The van der Waals surface area contributed by atoms with Crippen molar-refractivity contribution in [1.29, 1.82) is 0 Å². The van der Waals surface area contributed by atoms with Crippen LogP contribution in [0.1, 0.15) is 11.1 Å². The molecule has 0 unspecified atom stereocenters. The van der Waals surface area contributed by atoms with Gasteiger partial charge in [0.25, 0.3) is 0 Å². The van der Waals surface area contributed by atoms with E-state index in [1.807, 2.05) is 48.5 Å². The number of nitrogens with zero attached hydrogens (tertiary/aromatic N) is 2. The molecule has 0 amide bonds. The van der Waals surface area contributed by atoms with Crippen LogP contribution in [0.5, 0.6) is 5.75 Å². The van der Waals surface area contributed by atoms with Crippen LogP contribution in [0.25, 0.3) is 10.9 Å². The van der Waals surface area contributed by atoms with E-state index < -0.39 is 11.7 Å². The maximum Gasteiger partial charge on any atom is 0.416 e. The van der Waals surface area contributed by atoms with E-state index in [0.717, 1.165) is 28.8 Å². The Hall–Kier alpha value is -3.81. The molecule has 0 bridgehead atoms. The summed E-state index contributed by atoms with van der Waals surface area (Å²) in [4.78, 5) is 8.94. The van der Waals surface area contributed by atoms with Crippen LogP contribution in [0.15, 0.2) is 72.8 Å². The number of alkyl halides is 3. The number of fused-ring (bicyclic) bond motifs is 1. The second-order valence-corrected chi connectivity index (χ2v) is 6.82. The monoisotopic (exact) mass is 424 g/mol. The summed E-state index contributed by atoms with van der Waals surface area (Å²) >= 11 is 0. The van der Waals surface area contributed by atoms with E-state index in [0.29, 0.717) is 17.9 Å². The Morgan fingerprint density at radius 1 is 0.903 bits per heavy atom. The third kappa shape index (κ3) is 4.85. The maximum absolute atomic E-state index is 13.0. The van der Waals surface area contributed by atoms with Crippen LogP contribution in [0, 0.1) is 0 Å². The number of benzene rings is 3. The summed E-state index contributed by atoms with van der Waals surface area (Å²) in [5.41, 5.74) is 1.21. The highest BCUT2D eigenvalue weighted by Gasteiger charge is 2.30. The second-order valence-electron chi connectivity index (χ2n) is 6.82. The van der Waals surface area contributed by atoms with Gasteiger partial charge in [-0.25, -0.2) is 4.98 Å². The SMILES string of the molecule is COc1ccc(CNc2nc(Nc3cccc(C(F)(F)F)c3)nc3ccccc23)cc1. The molecule has 8 heteroatoms. The molecule has 1 heterocycles. The molecule has 0 aliphatic rings. The molecule has 1 aromatic heterocycles. The third-order valence-corrected chi connectivity index (χ3v) is 4.67. The highest BCUT2D eigenvalue weighted by molar-refractivity contribution is 5.90. The van der Waals surface area contributed by atoms with E-state index in [9.17, 15) is 13.2 Å². The van der Waals surface area contributed by atoms with Gasteiger partial charge in [-0.2, -0.15) is 18.2 Å². The minimum absolute atomic E-state index is 0.204. The van der Waals surface area contributed by atoms with E-state index in [-0.39, 0.29) is 11.6 Å². The van der Waals surface area contributed by atoms with Gasteiger partial charge >= 0.3 is 6.18 Å². The molecular formula is C23H19F3N4O. The van der Waals surface area contributed by atoms with Gasteiger partial charge in [0.1, 0.15) is 11.6 Å². The lowest BCUT2D eigenvalue weighted by Crippen LogP contribution is -2.07. The molecule has 0 saturated heterocycles. The van der Waals surface area contributed by atoms with E-state index >= 15 is 0 Å². The average Bonchev–Trinajstić information content (AvgIpc) is 2.77. The zero-order chi connectivity index (χ0) is 21.8. The van der Waals surface area contributed by atoms with Crippen molar-refractivity contribution in [2.75, 3.05) is 17.7 Å². The molecule has 2 N–H and O–H groups in total. The van der Waals surface area contributed by atoms with Crippen molar-refractivity contribution in [3.05, 3.63) is 83.9 Å². The fourth-order valence-corrected chi connectivity index (χ4v) is 3.10. The summed E-state index contributed by atoms with van der Waals surface area (Å²) in [6, 6.07) is 20.0. The first-order chi connectivity index (χ1) is 14.9. The summed E-state index contributed by atoms with van der Waals surface area (Å²) in [6.45, 7) is 0.508. The topological polar surface area (TPSA) is 59.1 Å². The number of rotatable bonds is 6. The molecule has 0 saturated carbocycles. The summed E-state index contributed by atoms with van der Waals surface area (Å²) in [5.74, 6) is 1.55. The minimum atomic E-state index is -4.42. The Morgan fingerprint density at radius 3 is 2.42 bits per heavy atom. The molecule has 0 atom stereocenters. The molecule has 0 radical (unpaired) electrons. The second kappa shape index (κ2) is 8.51. The molecule has 0 spiro atoms. The number of ether oxygens (including phenoxy) is 1. The zero-order valence-corrected chi connectivity index (χ0v) is 16.6. The van der Waals surface area contributed by atoms with Gasteiger partial charge in [-0.05, 0) is 48.0 Å². The van der Waals surface area contributed by atoms with E-state index in [1.165, 1.54) is 12.1 Å². The number of hydrogen-bond acceptors (Lipinski definition) is 5. The van der Waals surface area contributed by atoms with Crippen LogP contribution >= 0.6 is 0 Å². The summed E-state index contributed by atoms with van der Waals surface area (Å²) in [5, 5.41) is 6.99. The van der Waals surface area contributed by atoms with E-state index in [2.05, 4.69) is 20.6 Å². The van der Waals surface area contributed by atoms with Crippen molar-refractivity contribution in [2.24, 2.45) is 0 Å². The Kier molecular flexibility index (Phi) is 5.62. The smallest absolute Gasteiger partial charge is 0.416 e. The standard InChI is InChI=1S/C23H19F3N4O/c1-31-18-11-9-15(10-12-18)14-27-21-19-7-2-3-8-20(19)29-22(30-21)28-17-6-4-5-16(13-17)23(24,25)26/h2-13H,14H2,1H3,(H2,27,28,29,30). The lowest BCUT2D eigenvalue weighted by atomic mass is 10.2. The van der Waals surface area contributed by atoms with Crippen LogP contribution in [0.3, 0.4) is 0 Å². The van der Waals surface area contributed by atoms with Crippen molar-refractivity contribution >= 4 is 28.4 Å². The quantitative estimate of drug-likeness (QED) is 0.397. The fourth-order valence-electron chi connectivity index (χ4n) is 3.10. The van der Waals surface area contributed by atoms with Gasteiger partial charge in [-0.1, -0.05) is 30.3 Å². The van der Waals surface area contributed by atoms with Crippen molar-refractivity contribution in [1.82, 2.24) is 9.97 Å². The van der Waals surface area contributed by atoms with Crippen molar-refractivity contribution in [3.8, 4) is 5.75 Å². The van der Waals surface area contributed by atoms with Gasteiger partial charge in [0.2, 0.25) is 5.95 Å². The van der Waals surface area contributed by atoms with Gasteiger partial charge in [0.15, 0.2) is 0 Å². The first-order valence-corrected chi connectivity index (χ1v) is 9.50. The number of hydrogen-bond donors (Lipinski definition) is 2. The zero-order valence-electron chi connectivity index (χ0n) is 16.6. The molecule has 4 aromatic rings. The Bertz CT molecular complexity index is 1190. The third-order valence-electron chi connectivity index (χ3n) is 4.67. The fraction of sp³-hybridized carbons (Fsp3) is 0.130. The number of halogens is 3. The predicted octanol–water partition coefficient (Wildman–Crippen LogP) is 6.01. The van der Waals surface area contributed by atoms with Crippen molar-refractivity contribution in [3.63, 3.8) is 0 Å². The molecular weight excluding hydrogens is 405 g/mol. The number of methoxy groups -OCH3 is 1. The number of aromatic nitrogens is 2. The molecule has 31 heavy (non-hydrogen) atoms. The Balaban J connectivity index is 1.61. The molecule has 4 rings (SSSR count). The molecule has 158 valence electrons. The molecule has 5 nitrogen and oxygen atoms in total. The molecule has 0 aliphatic heterocycles. The highest BCUT2D eigenvalue weighted by Crippen LogP contribution is 2.31. The van der Waals surface area contributed by atoms with E-state index in [4.69, 9.17) is 4.74 Å². The van der Waals surface area contributed by atoms with E-state index in [1.54, 1.807) is 7.11 Å². The van der Waals surface area contributed by atoms with Crippen LogP contribution in [-0.4, -0.2) is 17.1 Å². The predicted molar refractivity (Wildman–Crippen MR) is 115 cm³/mol. The number of para-hydroxylation sites is 1. The number of anilines is 3. The van der Waals surface area contributed by atoms with Gasteiger partial charge in [0, 0.05) is 17.6 Å². The summed E-state index contributed by atoms with van der Waals surface area (Å²) in [6.07, 6.45) is -4.42. The maximum atomic E-state index is 13.0. The Labute approximate surface area is 176 Å². The van der Waals surface area contributed by atoms with Crippen molar-refractivity contribution < 1.29 is 17.9 Å². The van der Waals surface area contributed by atoms with Gasteiger partial charge < -0.3 is 15.4 Å².